The van der Waals surface area contributed by atoms with Gasteiger partial charge in [0.05, 0.1) is 23.1 Å². The van der Waals surface area contributed by atoms with Crippen LogP contribution in [-0.2, 0) is 0 Å². The van der Waals surface area contributed by atoms with Gasteiger partial charge >= 0.3 is 0 Å². The second-order valence-corrected chi connectivity index (χ2v) is 6.61. The summed E-state index contributed by atoms with van der Waals surface area (Å²) in [7, 11) is 1.49. The van der Waals surface area contributed by atoms with E-state index in [0.717, 1.165) is 20.7 Å². The molecule has 0 aliphatic carbocycles. The molecule has 0 bridgehead atoms. The molecule has 3 rings (SSSR count). The number of aromatic nitrogens is 2. The SMILES string of the molecule is COc1ccc([N+](=O)[O-])cc1Nc1nc(Cl)nc2sc(C)c(C)c12. The van der Waals surface area contributed by atoms with Crippen molar-refractivity contribution >= 4 is 50.3 Å². The van der Waals surface area contributed by atoms with Crippen molar-refractivity contribution in [2.75, 3.05) is 12.4 Å². The van der Waals surface area contributed by atoms with Gasteiger partial charge in [0.25, 0.3) is 5.69 Å². The number of nitrogens with one attached hydrogen (secondary N) is 1. The van der Waals surface area contributed by atoms with Crippen molar-refractivity contribution in [2.45, 2.75) is 13.8 Å². The van der Waals surface area contributed by atoms with Crippen LogP contribution >= 0.6 is 22.9 Å². The molecule has 0 fully saturated rings. The molecule has 0 aliphatic rings. The molecule has 124 valence electrons. The number of aryl methyl sites for hydroxylation is 2. The van der Waals surface area contributed by atoms with Crippen molar-refractivity contribution in [1.82, 2.24) is 9.97 Å². The number of fused-ring (bicyclic) bond motifs is 1. The molecule has 0 radical (unpaired) electrons. The fourth-order valence-electron chi connectivity index (χ4n) is 2.35. The van der Waals surface area contributed by atoms with Crippen LogP contribution in [0.4, 0.5) is 17.2 Å². The molecular formula is C15H13ClN4O3S. The Morgan fingerprint density at radius 3 is 2.75 bits per heavy atom. The number of ether oxygens (including phenoxy) is 1. The number of hydrogen-bond donors (Lipinski definition) is 1. The van der Waals surface area contributed by atoms with Gasteiger partial charge in [-0.2, -0.15) is 4.98 Å². The Morgan fingerprint density at radius 1 is 1.33 bits per heavy atom. The molecule has 0 saturated heterocycles. The van der Waals surface area contributed by atoms with Gasteiger partial charge in [-0.05, 0) is 37.1 Å². The van der Waals surface area contributed by atoms with Gasteiger partial charge in [-0.1, -0.05) is 0 Å². The van der Waals surface area contributed by atoms with E-state index in [4.69, 9.17) is 16.3 Å². The molecule has 1 N–H and O–H groups in total. The first-order chi connectivity index (χ1) is 11.4. The topological polar surface area (TPSA) is 90.2 Å². The van der Waals surface area contributed by atoms with Gasteiger partial charge in [0.15, 0.2) is 0 Å². The Kier molecular flexibility index (Phi) is 4.25. The Balaban J connectivity index is 2.16. The minimum atomic E-state index is -0.465. The van der Waals surface area contributed by atoms with Crippen LogP contribution in [0.15, 0.2) is 18.2 Å². The van der Waals surface area contributed by atoms with E-state index in [1.807, 2.05) is 13.8 Å². The summed E-state index contributed by atoms with van der Waals surface area (Å²) < 4.78 is 5.27. The van der Waals surface area contributed by atoms with Gasteiger partial charge in [0.2, 0.25) is 5.28 Å². The number of thiophene rings is 1. The monoisotopic (exact) mass is 364 g/mol. The van der Waals surface area contributed by atoms with Crippen molar-refractivity contribution in [3.8, 4) is 5.75 Å². The second-order valence-electron chi connectivity index (χ2n) is 5.07. The largest absolute Gasteiger partial charge is 0.495 e. The predicted molar refractivity (Wildman–Crippen MR) is 94.8 cm³/mol. The number of anilines is 2. The number of nitro benzene ring substituents is 1. The molecule has 2 aromatic heterocycles. The molecule has 0 saturated carbocycles. The summed E-state index contributed by atoms with van der Waals surface area (Å²) in [6.45, 7) is 3.97. The summed E-state index contributed by atoms with van der Waals surface area (Å²) in [4.78, 5) is 20.9. The number of nitro groups is 1. The minimum absolute atomic E-state index is 0.0482. The predicted octanol–water partition coefficient (Wildman–Crippen LogP) is 4.62. The summed E-state index contributed by atoms with van der Waals surface area (Å²) >= 11 is 7.53. The fourth-order valence-corrected chi connectivity index (χ4v) is 3.60. The number of methoxy groups -OCH3 is 1. The molecular weight excluding hydrogens is 352 g/mol. The van der Waals surface area contributed by atoms with Gasteiger partial charge in [0, 0.05) is 17.0 Å². The van der Waals surface area contributed by atoms with E-state index in [1.165, 1.54) is 36.6 Å². The Hall–Kier alpha value is -2.45. The molecule has 0 spiro atoms. The zero-order valence-electron chi connectivity index (χ0n) is 13.1. The Bertz CT molecular complexity index is 958. The van der Waals surface area contributed by atoms with Crippen LogP contribution in [0, 0.1) is 24.0 Å². The van der Waals surface area contributed by atoms with Crippen LogP contribution in [-0.4, -0.2) is 22.0 Å². The first-order valence-corrected chi connectivity index (χ1v) is 8.13. The molecule has 7 nitrogen and oxygen atoms in total. The molecule has 24 heavy (non-hydrogen) atoms. The standard InChI is InChI=1S/C15H13ClN4O3S/c1-7-8(2)24-14-12(7)13(18-15(16)19-14)17-10-6-9(20(21)22)4-5-11(10)23-3/h4-6H,1-3H3,(H,17,18,19). The van der Waals surface area contributed by atoms with Crippen LogP contribution in [0.5, 0.6) is 5.75 Å². The Labute approximate surface area is 146 Å². The van der Waals surface area contributed by atoms with Crippen LogP contribution in [0.3, 0.4) is 0 Å². The van der Waals surface area contributed by atoms with E-state index < -0.39 is 4.92 Å². The van der Waals surface area contributed by atoms with E-state index in [1.54, 1.807) is 0 Å². The van der Waals surface area contributed by atoms with Gasteiger partial charge in [-0.25, -0.2) is 4.98 Å². The summed E-state index contributed by atoms with van der Waals surface area (Å²) in [5.74, 6) is 0.957. The summed E-state index contributed by atoms with van der Waals surface area (Å²) in [6, 6.07) is 4.31. The highest BCUT2D eigenvalue weighted by atomic mass is 35.5. The first-order valence-electron chi connectivity index (χ1n) is 6.93. The zero-order chi connectivity index (χ0) is 17.4. The van der Waals surface area contributed by atoms with E-state index in [0.29, 0.717) is 17.3 Å². The number of nitrogens with zero attached hydrogens (tertiary/aromatic N) is 3. The third kappa shape index (κ3) is 2.85. The number of hydrogen-bond acceptors (Lipinski definition) is 7. The van der Waals surface area contributed by atoms with Crippen molar-refractivity contribution in [2.24, 2.45) is 0 Å². The van der Waals surface area contributed by atoms with Gasteiger partial charge in [-0.15, -0.1) is 11.3 Å². The average molecular weight is 365 g/mol. The summed E-state index contributed by atoms with van der Waals surface area (Å²) in [5.41, 5.74) is 1.43. The molecule has 1 aromatic carbocycles. The molecule has 9 heteroatoms. The summed E-state index contributed by atoms with van der Waals surface area (Å²) in [6.07, 6.45) is 0. The Morgan fingerprint density at radius 2 is 2.08 bits per heavy atom. The maximum Gasteiger partial charge on any atom is 0.271 e. The smallest absolute Gasteiger partial charge is 0.271 e. The van der Waals surface area contributed by atoms with Crippen molar-refractivity contribution in [1.29, 1.82) is 0 Å². The van der Waals surface area contributed by atoms with Crippen LogP contribution in [0.25, 0.3) is 10.2 Å². The van der Waals surface area contributed by atoms with Crippen molar-refractivity contribution in [3.05, 3.63) is 44.0 Å². The molecule has 0 atom stereocenters. The highest BCUT2D eigenvalue weighted by Gasteiger charge is 2.17. The molecule has 2 heterocycles. The lowest BCUT2D eigenvalue weighted by atomic mass is 10.2. The quantitative estimate of drug-likeness (QED) is 0.412. The van der Waals surface area contributed by atoms with Gasteiger partial charge in [-0.3, -0.25) is 10.1 Å². The van der Waals surface area contributed by atoms with E-state index in [-0.39, 0.29) is 11.0 Å². The highest BCUT2D eigenvalue weighted by molar-refractivity contribution is 7.18. The van der Waals surface area contributed by atoms with Crippen molar-refractivity contribution in [3.63, 3.8) is 0 Å². The number of rotatable bonds is 4. The molecule has 3 aromatic rings. The normalized spacial score (nSPS) is 10.8. The average Bonchev–Trinajstić information content (AvgIpc) is 2.81. The van der Waals surface area contributed by atoms with Gasteiger partial charge < -0.3 is 10.1 Å². The first kappa shape index (κ1) is 16.4. The third-order valence-electron chi connectivity index (χ3n) is 3.65. The number of halogens is 1. The highest BCUT2D eigenvalue weighted by Crippen LogP contribution is 2.37. The van der Waals surface area contributed by atoms with Gasteiger partial charge in [0.1, 0.15) is 16.4 Å². The zero-order valence-corrected chi connectivity index (χ0v) is 14.7. The van der Waals surface area contributed by atoms with Crippen LogP contribution < -0.4 is 10.1 Å². The number of non-ortho nitro benzene ring substituents is 1. The minimum Gasteiger partial charge on any atom is -0.495 e. The van der Waals surface area contributed by atoms with E-state index in [9.17, 15) is 10.1 Å². The van der Waals surface area contributed by atoms with Crippen LogP contribution in [0.1, 0.15) is 10.4 Å². The molecule has 0 aliphatic heterocycles. The lowest BCUT2D eigenvalue weighted by molar-refractivity contribution is -0.384. The third-order valence-corrected chi connectivity index (χ3v) is 4.92. The van der Waals surface area contributed by atoms with Crippen LogP contribution in [0.2, 0.25) is 5.28 Å². The van der Waals surface area contributed by atoms with E-state index in [2.05, 4.69) is 15.3 Å². The van der Waals surface area contributed by atoms with Crippen molar-refractivity contribution < 1.29 is 9.66 Å². The lowest BCUT2D eigenvalue weighted by Crippen LogP contribution is -2.00. The maximum absolute atomic E-state index is 11.0. The number of benzene rings is 1. The molecule has 0 amide bonds. The maximum atomic E-state index is 11.0. The second kappa shape index (κ2) is 6.21. The van der Waals surface area contributed by atoms with E-state index >= 15 is 0 Å². The molecule has 0 unspecified atom stereocenters. The summed E-state index contributed by atoms with van der Waals surface area (Å²) in [5, 5.41) is 15.1. The fraction of sp³-hybridized carbons (Fsp3) is 0.200. The lowest BCUT2D eigenvalue weighted by Gasteiger charge is -2.11.